The maximum atomic E-state index is 4.37. The molecule has 114 valence electrons. The van der Waals surface area contributed by atoms with E-state index >= 15 is 0 Å². The molecule has 21 heavy (non-hydrogen) atoms. The van der Waals surface area contributed by atoms with Gasteiger partial charge in [0, 0.05) is 26.0 Å². The number of nitrogens with zero attached hydrogens (tertiary/aromatic N) is 3. The van der Waals surface area contributed by atoms with Crippen molar-refractivity contribution in [2.24, 2.45) is 7.05 Å². The Hall–Kier alpha value is -1.65. The Labute approximate surface area is 127 Å². The van der Waals surface area contributed by atoms with Gasteiger partial charge >= 0.3 is 0 Å². The van der Waals surface area contributed by atoms with E-state index in [2.05, 4.69) is 58.0 Å². The van der Waals surface area contributed by atoms with Gasteiger partial charge in [0.1, 0.15) is 5.82 Å². The summed E-state index contributed by atoms with van der Waals surface area (Å²) in [5, 5.41) is 3.36. The highest BCUT2D eigenvalue weighted by atomic mass is 15.1. The lowest BCUT2D eigenvalue weighted by Gasteiger charge is -2.16. The van der Waals surface area contributed by atoms with Crippen molar-refractivity contribution >= 4 is 0 Å². The number of hydrogen-bond acceptors (Lipinski definition) is 3. The first kappa shape index (κ1) is 15.7. The molecule has 1 heterocycles. The summed E-state index contributed by atoms with van der Waals surface area (Å²) >= 11 is 0. The monoisotopic (exact) mass is 286 g/mol. The van der Waals surface area contributed by atoms with E-state index in [4.69, 9.17) is 0 Å². The van der Waals surface area contributed by atoms with Gasteiger partial charge in [-0.05, 0) is 37.7 Å². The molecule has 1 N–H and O–H groups in total. The zero-order valence-corrected chi connectivity index (χ0v) is 13.3. The highest BCUT2D eigenvalue weighted by molar-refractivity contribution is 5.22. The Morgan fingerprint density at radius 1 is 1.14 bits per heavy atom. The van der Waals surface area contributed by atoms with Crippen molar-refractivity contribution in [3.05, 3.63) is 53.6 Å². The molecule has 0 atom stereocenters. The van der Waals surface area contributed by atoms with Crippen LogP contribution in [0.5, 0.6) is 0 Å². The molecule has 4 nitrogen and oxygen atoms in total. The molecule has 0 aliphatic rings. The summed E-state index contributed by atoms with van der Waals surface area (Å²) in [6.45, 7) is 6.04. The van der Waals surface area contributed by atoms with Crippen LogP contribution in [-0.4, -0.2) is 34.6 Å². The Morgan fingerprint density at radius 3 is 2.48 bits per heavy atom. The van der Waals surface area contributed by atoms with Crippen molar-refractivity contribution in [2.75, 3.05) is 20.1 Å². The maximum absolute atomic E-state index is 4.37. The van der Waals surface area contributed by atoms with E-state index in [1.807, 2.05) is 19.4 Å². The molecule has 0 bridgehead atoms. The highest BCUT2D eigenvalue weighted by Gasteiger charge is 2.05. The lowest BCUT2D eigenvalue weighted by atomic mass is 10.1. The number of hydrogen-bond donors (Lipinski definition) is 1. The van der Waals surface area contributed by atoms with Crippen LogP contribution in [0.25, 0.3) is 0 Å². The molecular weight excluding hydrogens is 260 g/mol. The lowest BCUT2D eigenvalue weighted by Crippen LogP contribution is -2.19. The molecule has 1 aromatic carbocycles. The van der Waals surface area contributed by atoms with Crippen molar-refractivity contribution in [1.29, 1.82) is 0 Å². The fraction of sp³-hybridized carbons (Fsp3) is 0.471. The normalized spacial score (nSPS) is 11.2. The van der Waals surface area contributed by atoms with Gasteiger partial charge in [-0.3, -0.25) is 4.90 Å². The summed E-state index contributed by atoms with van der Waals surface area (Å²) in [5.74, 6) is 1.10. The van der Waals surface area contributed by atoms with E-state index in [-0.39, 0.29) is 0 Å². The third kappa shape index (κ3) is 4.99. The molecule has 2 aromatic rings. The van der Waals surface area contributed by atoms with Crippen LogP contribution in [0, 0.1) is 0 Å². The number of likely N-dealkylation sites (N-methyl/N-ethyl adjacent to an activating group) is 1. The number of nitrogens with one attached hydrogen (secondary N) is 1. The first-order valence-corrected chi connectivity index (χ1v) is 7.62. The van der Waals surface area contributed by atoms with Gasteiger partial charge in [-0.1, -0.05) is 31.2 Å². The molecule has 1 aromatic heterocycles. The third-order valence-electron chi connectivity index (χ3n) is 3.65. The van der Waals surface area contributed by atoms with Gasteiger partial charge in [0.2, 0.25) is 0 Å². The molecule has 0 spiro atoms. The number of benzene rings is 1. The van der Waals surface area contributed by atoms with E-state index in [1.165, 1.54) is 11.1 Å². The highest BCUT2D eigenvalue weighted by Crippen LogP contribution is 2.09. The zero-order valence-electron chi connectivity index (χ0n) is 13.3. The predicted octanol–water partition coefficient (Wildman–Crippen LogP) is 2.20. The minimum absolute atomic E-state index is 0.867. The molecular formula is C17H26N4. The molecule has 0 unspecified atom stereocenters. The zero-order chi connectivity index (χ0) is 15.1. The van der Waals surface area contributed by atoms with Crippen molar-refractivity contribution in [2.45, 2.75) is 26.4 Å². The predicted molar refractivity (Wildman–Crippen MR) is 87.1 cm³/mol. The Balaban J connectivity index is 1.83. The van der Waals surface area contributed by atoms with Crippen LogP contribution in [0.3, 0.4) is 0 Å². The van der Waals surface area contributed by atoms with E-state index in [0.717, 1.165) is 38.4 Å². The van der Waals surface area contributed by atoms with Gasteiger partial charge in [-0.15, -0.1) is 0 Å². The quantitative estimate of drug-likeness (QED) is 0.755. The molecule has 2 rings (SSSR count). The van der Waals surface area contributed by atoms with Crippen LogP contribution >= 0.6 is 0 Å². The second-order valence-corrected chi connectivity index (χ2v) is 5.55. The lowest BCUT2D eigenvalue weighted by molar-refractivity contribution is 0.307. The van der Waals surface area contributed by atoms with Crippen LogP contribution in [0.2, 0.25) is 0 Å². The van der Waals surface area contributed by atoms with Crippen LogP contribution in [0.4, 0.5) is 0 Å². The van der Waals surface area contributed by atoms with Gasteiger partial charge < -0.3 is 9.88 Å². The maximum Gasteiger partial charge on any atom is 0.122 e. The molecule has 0 saturated carbocycles. The smallest absolute Gasteiger partial charge is 0.122 e. The van der Waals surface area contributed by atoms with E-state index in [9.17, 15) is 0 Å². The summed E-state index contributed by atoms with van der Waals surface area (Å²) in [6.07, 6.45) is 4.93. The fourth-order valence-electron chi connectivity index (χ4n) is 2.38. The van der Waals surface area contributed by atoms with Crippen LogP contribution < -0.4 is 5.32 Å². The van der Waals surface area contributed by atoms with Crippen LogP contribution in [0.1, 0.15) is 23.9 Å². The van der Waals surface area contributed by atoms with E-state index < -0.39 is 0 Å². The van der Waals surface area contributed by atoms with E-state index in [1.54, 1.807) is 0 Å². The average Bonchev–Trinajstić information content (AvgIpc) is 2.86. The topological polar surface area (TPSA) is 33.1 Å². The third-order valence-corrected chi connectivity index (χ3v) is 3.65. The standard InChI is InChI=1S/C17H26N4/c1-4-18-10-9-15-5-7-16(8-6-15)13-20(2)14-17-19-11-12-21(17)3/h5-8,11-12,18H,4,9-10,13-14H2,1-3H3. The molecule has 0 amide bonds. The van der Waals surface area contributed by atoms with Gasteiger partial charge in [-0.25, -0.2) is 4.98 Å². The van der Waals surface area contributed by atoms with Crippen molar-refractivity contribution in [3.8, 4) is 0 Å². The summed E-state index contributed by atoms with van der Waals surface area (Å²) in [7, 11) is 4.17. The summed E-state index contributed by atoms with van der Waals surface area (Å²) in [4.78, 5) is 6.66. The van der Waals surface area contributed by atoms with Gasteiger partial charge in [-0.2, -0.15) is 0 Å². The van der Waals surface area contributed by atoms with Gasteiger partial charge in [0.15, 0.2) is 0 Å². The number of aryl methyl sites for hydroxylation is 1. The first-order valence-electron chi connectivity index (χ1n) is 7.62. The summed E-state index contributed by atoms with van der Waals surface area (Å²) < 4.78 is 2.07. The van der Waals surface area contributed by atoms with Crippen LogP contribution in [0.15, 0.2) is 36.7 Å². The Kier molecular flexibility index (Phi) is 5.96. The van der Waals surface area contributed by atoms with E-state index in [0.29, 0.717) is 0 Å². The SMILES string of the molecule is CCNCCc1ccc(CN(C)Cc2nccn2C)cc1. The minimum atomic E-state index is 0.867. The summed E-state index contributed by atoms with van der Waals surface area (Å²) in [6, 6.07) is 8.94. The summed E-state index contributed by atoms with van der Waals surface area (Å²) in [5.41, 5.74) is 2.74. The largest absolute Gasteiger partial charge is 0.337 e. The molecule has 0 aliphatic carbocycles. The minimum Gasteiger partial charge on any atom is -0.337 e. The van der Waals surface area contributed by atoms with Crippen LogP contribution in [-0.2, 0) is 26.6 Å². The molecule has 0 fully saturated rings. The number of rotatable bonds is 8. The number of imidazole rings is 1. The number of aromatic nitrogens is 2. The molecule has 0 aliphatic heterocycles. The van der Waals surface area contributed by atoms with Crippen molar-refractivity contribution in [3.63, 3.8) is 0 Å². The molecule has 0 radical (unpaired) electrons. The Bertz CT molecular complexity index is 530. The van der Waals surface area contributed by atoms with Gasteiger partial charge in [0.25, 0.3) is 0 Å². The average molecular weight is 286 g/mol. The second kappa shape index (κ2) is 7.96. The van der Waals surface area contributed by atoms with Crippen molar-refractivity contribution in [1.82, 2.24) is 19.8 Å². The molecule has 4 heteroatoms. The Morgan fingerprint density at radius 2 is 1.86 bits per heavy atom. The van der Waals surface area contributed by atoms with Gasteiger partial charge in [0.05, 0.1) is 6.54 Å². The van der Waals surface area contributed by atoms with Crippen molar-refractivity contribution < 1.29 is 0 Å². The second-order valence-electron chi connectivity index (χ2n) is 5.55. The fourth-order valence-corrected chi connectivity index (χ4v) is 2.38. The molecule has 0 saturated heterocycles. The first-order chi connectivity index (χ1) is 10.2.